The molecule has 22 heavy (non-hydrogen) atoms. The third-order valence-electron chi connectivity index (χ3n) is 4.40. The quantitative estimate of drug-likeness (QED) is 0.844. The molecule has 0 fully saturated rings. The second-order valence-corrected chi connectivity index (χ2v) is 6.41. The van der Waals surface area contributed by atoms with E-state index in [1.807, 2.05) is 30.3 Å². The van der Waals surface area contributed by atoms with Crippen molar-refractivity contribution in [2.45, 2.75) is 24.7 Å². The first-order valence-corrected chi connectivity index (χ1v) is 8.12. The number of benzene rings is 2. The fraction of sp³-hybridized carbons (Fsp3) is 0.278. The number of amides is 1. The van der Waals surface area contributed by atoms with Crippen LogP contribution in [0.25, 0.3) is 0 Å². The van der Waals surface area contributed by atoms with Crippen molar-refractivity contribution in [1.82, 2.24) is 5.32 Å². The molecule has 0 heterocycles. The Morgan fingerprint density at radius 2 is 1.77 bits per heavy atom. The fourth-order valence-corrected chi connectivity index (χ4v) is 3.62. The van der Waals surface area contributed by atoms with Crippen LogP contribution in [0.2, 0.25) is 10.0 Å². The van der Waals surface area contributed by atoms with Gasteiger partial charge in [0, 0.05) is 13.0 Å². The highest BCUT2D eigenvalue weighted by atomic mass is 35.5. The zero-order valence-corrected chi connectivity index (χ0v) is 13.8. The molecule has 0 spiro atoms. The minimum absolute atomic E-state index is 0.0692. The Morgan fingerprint density at radius 1 is 1.05 bits per heavy atom. The van der Waals surface area contributed by atoms with Gasteiger partial charge in [-0.2, -0.15) is 0 Å². The molecule has 114 valence electrons. The SMILES string of the molecule is CNC(=O)[C@H]1CC[C@@H](c2ccc(Cl)c(Cl)c2)c2ccccc21. The highest BCUT2D eigenvalue weighted by molar-refractivity contribution is 6.42. The minimum atomic E-state index is -0.0692. The Morgan fingerprint density at radius 3 is 2.45 bits per heavy atom. The van der Waals surface area contributed by atoms with Crippen LogP contribution in [-0.4, -0.2) is 13.0 Å². The molecule has 0 saturated heterocycles. The highest BCUT2D eigenvalue weighted by Crippen LogP contribution is 2.43. The zero-order valence-electron chi connectivity index (χ0n) is 12.3. The Bertz CT molecular complexity index is 714. The lowest BCUT2D eigenvalue weighted by atomic mass is 9.74. The summed E-state index contributed by atoms with van der Waals surface area (Å²) in [5.74, 6) is 0.270. The van der Waals surface area contributed by atoms with Gasteiger partial charge in [-0.1, -0.05) is 53.5 Å². The molecule has 2 nitrogen and oxygen atoms in total. The maximum Gasteiger partial charge on any atom is 0.227 e. The number of hydrogen-bond donors (Lipinski definition) is 1. The van der Waals surface area contributed by atoms with Gasteiger partial charge < -0.3 is 5.32 Å². The van der Waals surface area contributed by atoms with Crippen LogP contribution in [0.15, 0.2) is 42.5 Å². The zero-order chi connectivity index (χ0) is 15.7. The normalized spacial score (nSPS) is 20.3. The van der Waals surface area contributed by atoms with E-state index in [4.69, 9.17) is 23.2 Å². The molecule has 4 heteroatoms. The monoisotopic (exact) mass is 333 g/mol. The lowest BCUT2D eigenvalue weighted by molar-refractivity contribution is -0.122. The van der Waals surface area contributed by atoms with E-state index in [2.05, 4.69) is 17.4 Å². The molecule has 0 unspecified atom stereocenters. The van der Waals surface area contributed by atoms with Crippen LogP contribution in [0.4, 0.5) is 0 Å². The second-order valence-electron chi connectivity index (χ2n) is 5.60. The summed E-state index contributed by atoms with van der Waals surface area (Å²) in [6.07, 6.45) is 1.76. The van der Waals surface area contributed by atoms with E-state index < -0.39 is 0 Å². The van der Waals surface area contributed by atoms with Gasteiger partial charge in [0.05, 0.1) is 16.0 Å². The van der Waals surface area contributed by atoms with Crippen molar-refractivity contribution in [2.24, 2.45) is 0 Å². The number of likely N-dealkylation sites (N-methyl/N-ethyl adjacent to an activating group) is 1. The summed E-state index contributed by atoms with van der Waals surface area (Å²) in [7, 11) is 1.69. The molecule has 2 atom stereocenters. The van der Waals surface area contributed by atoms with E-state index in [9.17, 15) is 4.79 Å². The minimum Gasteiger partial charge on any atom is -0.359 e. The van der Waals surface area contributed by atoms with E-state index in [1.165, 1.54) is 5.56 Å². The van der Waals surface area contributed by atoms with Gasteiger partial charge in [0.15, 0.2) is 0 Å². The molecular weight excluding hydrogens is 317 g/mol. The Hall–Kier alpha value is -1.51. The van der Waals surface area contributed by atoms with Crippen LogP contribution in [0.1, 0.15) is 41.4 Å². The third-order valence-corrected chi connectivity index (χ3v) is 5.14. The van der Waals surface area contributed by atoms with Crippen LogP contribution < -0.4 is 5.32 Å². The van der Waals surface area contributed by atoms with Crippen LogP contribution in [-0.2, 0) is 4.79 Å². The number of carbonyl (C=O) groups excluding carboxylic acids is 1. The summed E-state index contributed by atoms with van der Waals surface area (Å²) in [5, 5.41) is 3.91. The molecule has 0 radical (unpaired) electrons. The topological polar surface area (TPSA) is 29.1 Å². The molecule has 3 rings (SSSR count). The first-order valence-electron chi connectivity index (χ1n) is 7.37. The van der Waals surface area contributed by atoms with E-state index in [0.717, 1.165) is 24.0 Å². The fourth-order valence-electron chi connectivity index (χ4n) is 3.31. The Labute approximate surface area is 140 Å². The predicted molar refractivity (Wildman–Crippen MR) is 90.8 cm³/mol. The maximum absolute atomic E-state index is 12.1. The largest absolute Gasteiger partial charge is 0.359 e. The molecular formula is C18H17Cl2NO. The second kappa shape index (κ2) is 6.31. The van der Waals surface area contributed by atoms with Crippen LogP contribution in [0, 0.1) is 0 Å². The van der Waals surface area contributed by atoms with Gasteiger partial charge in [-0.25, -0.2) is 0 Å². The summed E-state index contributed by atoms with van der Waals surface area (Å²) < 4.78 is 0. The van der Waals surface area contributed by atoms with Gasteiger partial charge in [0.1, 0.15) is 0 Å². The summed E-state index contributed by atoms with van der Waals surface area (Å²) >= 11 is 12.2. The van der Waals surface area contributed by atoms with Crippen molar-refractivity contribution in [3.8, 4) is 0 Å². The first-order chi connectivity index (χ1) is 10.6. The van der Waals surface area contributed by atoms with Crippen molar-refractivity contribution in [2.75, 3.05) is 7.05 Å². The maximum atomic E-state index is 12.1. The lowest BCUT2D eigenvalue weighted by Crippen LogP contribution is -2.29. The van der Waals surface area contributed by atoms with Gasteiger partial charge >= 0.3 is 0 Å². The van der Waals surface area contributed by atoms with E-state index in [1.54, 1.807) is 7.05 Å². The molecule has 0 aromatic heterocycles. The van der Waals surface area contributed by atoms with Crippen molar-refractivity contribution in [3.05, 3.63) is 69.2 Å². The summed E-state index contributed by atoms with van der Waals surface area (Å²) in [6.45, 7) is 0. The summed E-state index contributed by atoms with van der Waals surface area (Å²) in [5.41, 5.74) is 3.47. The molecule has 1 N–H and O–H groups in total. The number of carbonyl (C=O) groups is 1. The number of hydrogen-bond acceptors (Lipinski definition) is 1. The van der Waals surface area contributed by atoms with Gasteiger partial charge in [0.2, 0.25) is 5.91 Å². The van der Waals surface area contributed by atoms with Crippen molar-refractivity contribution < 1.29 is 4.79 Å². The lowest BCUT2D eigenvalue weighted by Gasteiger charge is -2.31. The van der Waals surface area contributed by atoms with Gasteiger partial charge in [-0.3, -0.25) is 4.79 Å². The van der Waals surface area contributed by atoms with Gasteiger partial charge in [0.25, 0.3) is 0 Å². The summed E-state index contributed by atoms with van der Waals surface area (Å²) in [6, 6.07) is 14.0. The van der Waals surface area contributed by atoms with Gasteiger partial charge in [-0.15, -0.1) is 0 Å². The average Bonchev–Trinajstić information content (AvgIpc) is 2.55. The number of fused-ring (bicyclic) bond motifs is 1. The molecule has 1 amide bonds. The molecule has 2 aromatic rings. The summed E-state index contributed by atoms with van der Waals surface area (Å²) in [4.78, 5) is 12.1. The highest BCUT2D eigenvalue weighted by Gasteiger charge is 2.31. The van der Waals surface area contributed by atoms with Gasteiger partial charge in [-0.05, 0) is 41.7 Å². The van der Waals surface area contributed by atoms with Crippen LogP contribution >= 0.6 is 23.2 Å². The molecule has 1 aliphatic carbocycles. The number of rotatable bonds is 2. The molecule has 0 saturated carbocycles. The Balaban J connectivity index is 2.04. The van der Waals surface area contributed by atoms with E-state index in [0.29, 0.717) is 10.0 Å². The van der Waals surface area contributed by atoms with E-state index in [-0.39, 0.29) is 17.7 Å². The van der Waals surface area contributed by atoms with Crippen LogP contribution in [0.3, 0.4) is 0 Å². The smallest absolute Gasteiger partial charge is 0.227 e. The predicted octanol–water partition coefficient (Wildman–Crippen LogP) is 4.75. The number of nitrogens with one attached hydrogen (secondary N) is 1. The molecule has 0 aliphatic heterocycles. The Kier molecular flexibility index (Phi) is 4.42. The third kappa shape index (κ3) is 2.73. The van der Waals surface area contributed by atoms with Crippen LogP contribution in [0.5, 0.6) is 0 Å². The molecule has 1 aliphatic rings. The average molecular weight is 334 g/mol. The molecule has 2 aromatic carbocycles. The standard InChI is InChI=1S/C18H17Cl2NO/c1-21-18(22)15-8-7-12(13-4-2-3-5-14(13)15)11-6-9-16(19)17(20)10-11/h2-6,9-10,12,15H,7-8H2,1H3,(H,21,22)/t12-,15-/m0/s1. The molecule has 0 bridgehead atoms. The van der Waals surface area contributed by atoms with Crippen molar-refractivity contribution in [1.29, 1.82) is 0 Å². The first kappa shape index (κ1) is 15.4. The number of halogens is 2. The van der Waals surface area contributed by atoms with Crippen molar-refractivity contribution >= 4 is 29.1 Å². The van der Waals surface area contributed by atoms with Crippen molar-refractivity contribution in [3.63, 3.8) is 0 Å². The van der Waals surface area contributed by atoms with E-state index >= 15 is 0 Å².